The second-order valence-electron chi connectivity index (χ2n) is 9.03. The number of hydrogen-bond donors (Lipinski definition) is 1. The zero-order valence-corrected chi connectivity index (χ0v) is 24.6. The van der Waals surface area contributed by atoms with Crippen LogP contribution >= 0.6 is 34.2 Å². The van der Waals surface area contributed by atoms with Crippen molar-refractivity contribution in [3.05, 3.63) is 104 Å². The minimum absolute atomic E-state index is 0.193. The quantitative estimate of drug-likeness (QED) is 0.130. The molecule has 5 rings (SSSR count). The number of amides is 4. The van der Waals surface area contributed by atoms with Gasteiger partial charge in [-0.1, -0.05) is 60.1 Å². The van der Waals surface area contributed by atoms with Crippen LogP contribution in [0.15, 0.2) is 78.4 Å². The smallest absolute Gasteiger partial charge is 0.335 e. The van der Waals surface area contributed by atoms with E-state index in [1.165, 1.54) is 6.08 Å². The van der Waals surface area contributed by atoms with E-state index in [9.17, 15) is 14.4 Å². The number of benzene rings is 4. The molecule has 0 spiro atoms. The van der Waals surface area contributed by atoms with Crippen LogP contribution in [0.5, 0.6) is 11.5 Å². The van der Waals surface area contributed by atoms with Gasteiger partial charge >= 0.3 is 6.03 Å². The second-order valence-corrected chi connectivity index (χ2v) is 10.6. The Labute approximate surface area is 249 Å². The number of ether oxygens (including phenoxy) is 2. The molecule has 0 bridgehead atoms. The summed E-state index contributed by atoms with van der Waals surface area (Å²) < 4.78 is 12.9. The Hall–Kier alpha value is -3.89. The molecule has 1 fully saturated rings. The molecular formula is C31H24ClIN2O5. The van der Waals surface area contributed by atoms with Crippen molar-refractivity contribution in [3.63, 3.8) is 0 Å². The van der Waals surface area contributed by atoms with Crippen molar-refractivity contribution in [1.29, 1.82) is 0 Å². The average Bonchev–Trinajstić information content (AvgIpc) is 2.93. The lowest BCUT2D eigenvalue weighted by Gasteiger charge is -2.27. The molecule has 1 aliphatic rings. The largest absolute Gasteiger partial charge is 0.490 e. The molecule has 0 atom stereocenters. The number of anilines is 1. The maximum absolute atomic E-state index is 13.4. The summed E-state index contributed by atoms with van der Waals surface area (Å²) >= 11 is 8.36. The lowest BCUT2D eigenvalue weighted by Crippen LogP contribution is -2.54. The number of halogens is 2. The second kappa shape index (κ2) is 11.7. The highest BCUT2D eigenvalue weighted by Gasteiger charge is 2.37. The van der Waals surface area contributed by atoms with Gasteiger partial charge in [0.05, 0.1) is 15.9 Å². The normalized spacial score (nSPS) is 14.6. The summed E-state index contributed by atoms with van der Waals surface area (Å²) in [5.41, 5.74) is 2.23. The molecule has 4 amide bonds. The zero-order chi connectivity index (χ0) is 28.4. The maximum atomic E-state index is 13.4. The predicted octanol–water partition coefficient (Wildman–Crippen LogP) is 7.05. The van der Waals surface area contributed by atoms with Crippen molar-refractivity contribution >= 4 is 74.6 Å². The van der Waals surface area contributed by atoms with Crippen LogP contribution in [-0.4, -0.2) is 24.5 Å². The molecule has 40 heavy (non-hydrogen) atoms. The van der Waals surface area contributed by atoms with E-state index < -0.39 is 17.8 Å². The van der Waals surface area contributed by atoms with E-state index in [2.05, 4.69) is 46.1 Å². The molecule has 0 unspecified atom stereocenters. The Morgan fingerprint density at radius 2 is 1.73 bits per heavy atom. The average molecular weight is 667 g/mol. The summed E-state index contributed by atoms with van der Waals surface area (Å²) in [6, 6.07) is 21.8. The first-order chi connectivity index (χ1) is 19.3. The van der Waals surface area contributed by atoms with Crippen LogP contribution in [0, 0.1) is 10.5 Å². The number of carbonyl (C=O) groups excluding carboxylic acids is 3. The summed E-state index contributed by atoms with van der Waals surface area (Å²) in [7, 11) is 0. The zero-order valence-electron chi connectivity index (χ0n) is 21.7. The predicted molar refractivity (Wildman–Crippen MR) is 164 cm³/mol. The van der Waals surface area contributed by atoms with Gasteiger partial charge in [-0.05, 0) is 94.2 Å². The van der Waals surface area contributed by atoms with Crippen LogP contribution in [0.2, 0.25) is 5.02 Å². The van der Waals surface area contributed by atoms with E-state index in [-0.39, 0.29) is 5.57 Å². The lowest BCUT2D eigenvalue weighted by molar-refractivity contribution is -0.122. The maximum Gasteiger partial charge on any atom is 0.335 e. The van der Waals surface area contributed by atoms with Crippen LogP contribution in [0.4, 0.5) is 10.5 Å². The van der Waals surface area contributed by atoms with E-state index in [1.807, 2.05) is 31.2 Å². The number of imide groups is 2. The Morgan fingerprint density at radius 1 is 0.975 bits per heavy atom. The van der Waals surface area contributed by atoms with Gasteiger partial charge in [0.15, 0.2) is 11.5 Å². The first-order valence-corrected chi connectivity index (χ1v) is 14.0. The number of nitrogens with one attached hydrogen (secondary N) is 1. The number of urea groups is 1. The minimum Gasteiger partial charge on any atom is -0.490 e. The molecule has 0 aliphatic carbocycles. The Kier molecular flexibility index (Phi) is 8.09. The molecule has 0 aromatic heterocycles. The van der Waals surface area contributed by atoms with Crippen molar-refractivity contribution in [2.75, 3.05) is 11.5 Å². The number of rotatable bonds is 7. The molecule has 4 aromatic carbocycles. The van der Waals surface area contributed by atoms with Crippen LogP contribution in [-0.2, 0) is 16.2 Å². The number of carbonyl (C=O) groups is 3. The first-order valence-electron chi connectivity index (χ1n) is 12.5. The molecule has 0 saturated carbocycles. The van der Waals surface area contributed by atoms with Crippen molar-refractivity contribution in [2.24, 2.45) is 0 Å². The summed E-state index contributed by atoms with van der Waals surface area (Å²) in [5, 5.41) is 4.88. The van der Waals surface area contributed by atoms with Gasteiger partial charge in [-0.3, -0.25) is 14.9 Å². The number of barbiturate groups is 1. The highest BCUT2D eigenvalue weighted by Crippen LogP contribution is 2.37. The van der Waals surface area contributed by atoms with Gasteiger partial charge in [-0.25, -0.2) is 9.69 Å². The fraction of sp³-hybridized carbons (Fsp3) is 0.129. The Balaban J connectivity index is 1.48. The highest BCUT2D eigenvalue weighted by atomic mass is 127. The van der Waals surface area contributed by atoms with Gasteiger partial charge in [0, 0.05) is 5.02 Å². The van der Waals surface area contributed by atoms with Crippen LogP contribution in [0.1, 0.15) is 23.6 Å². The van der Waals surface area contributed by atoms with Gasteiger partial charge in [0.1, 0.15) is 12.2 Å². The van der Waals surface area contributed by atoms with Gasteiger partial charge in [0.2, 0.25) is 0 Å². The Morgan fingerprint density at radius 3 is 2.52 bits per heavy atom. The summed E-state index contributed by atoms with van der Waals surface area (Å²) in [6.45, 7) is 4.28. The third-order valence-corrected chi connectivity index (χ3v) is 7.69. The third-order valence-electron chi connectivity index (χ3n) is 6.48. The van der Waals surface area contributed by atoms with Gasteiger partial charge in [-0.15, -0.1) is 0 Å². The molecule has 9 heteroatoms. The Bertz CT molecular complexity index is 1700. The van der Waals surface area contributed by atoms with Crippen molar-refractivity contribution in [3.8, 4) is 11.5 Å². The third kappa shape index (κ3) is 5.41. The van der Waals surface area contributed by atoms with Crippen LogP contribution < -0.4 is 19.7 Å². The fourth-order valence-electron chi connectivity index (χ4n) is 4.52. The topological polar surface area (TPSA) is 84.9 Å². The van der Waals surface area contributed by atoms with E-state index >= 15 is 0 Å². The summed E-state index contributed by atoms with van der Waals surface area (Å²) in [5.74, 6) is -0.495. The van der Waals surface area contributed by atoms with Gasteiger partial charge < -0.3 is 9.47 Å². The van der Waals surface area contributed by atoms with Gasteiger partial charge in [-0.2, -0.15) is 0 Å². The summed E-state index contributed by atoms with van der Waals surface area (Å²) in [4.78, 5) is 39.7. The molecule has 202 valence electrons. The van der Waals surface area contributed by atoms with E-state index in [0.29, 0.717) is 46.5 Å². The molecule has 7 nitrogen and oxygen atoms in total. The highest BCUT2D eigenvalue weighted by molar-refractivity contribution is 14.1. The standard InChI is InChI=1S/C31H24ClIN2O5/c1-3-39-27-16-19(15-25(33)28(27)40-17-21-10-6-9-20-8-4-5-11-22(20)21)14-23-29(36)34-31(38)35(30(23)37)26-13-7-12-24(32)18(26)2/h4-16H,3,17H2,1-2H3,(H,34,36,38)/b23-14+. The van der Waals surface area contributed by atoms with Crippen molar-refractivity contribution in [2.45, 2.75) is 20.5 Å². The van der Waals surface area contributed by atoms with E-state index in [1.54, 1.807) is 37.3 Å². The van der Waals surface area contributed by atoms with E-state index in [4.69, 9.17) is 21.1 Å². The number of nitrogens with zero attached hydrogens (tertiary/aromatic N) is 1. The van der Waals surface area contributed by atoms with Gasteiger partial charge in [0.25, 0.3) is 11.8 Å². The fourth-order valence-corrected chi connectivity index (χ4v) is 5.47. The van der Waals surface area contributed by atoms with Crippen molar-refractivity contribution in [1.82, 2.24) is 5.32 Å². The summed E-state index contributed by atoms with van der Waals surface area (Å²) in [6.07, 6.45) is 1.44. The molecule has 0 radical (unpaired) electrons. The molecule has 4 aromatic rings. The molecule has 1 heterocycles. The van der Waals surface area contributed by atoms with E-state index in [0.717, 1.165) is 24.8 Å². The number of fused-ring (bicyclic) bond motifs is 1. The monoisotopic (exact) mass is 666 g/mol. The molecule has 1 saturated heterocycles. The van der Waals surface area contributed by atoms with Crippen molar-refractivity contribution < 1.29 is 23.9 Å². The first kappa shape index (κ1) is 27.7. The van der Waals surface area contributed by atoms with Crippen LogP contribution in [0.3, 0.4) is 0 Å². The molecule has 1 aliphatic heterocycles. The minimum atomic E-state index is -0.834. The lowest BCUT2D eigenvalue weighted by atomic mass is 10.0. The molecular weight excluding hydrogens is 643 g/mol. The number of hydrogen-bond acceptors (Lipinski definition) is 5. The molecule has 1 N–H and O–H groups in total. The SMILES string of the molecule is CCOc1cc(/C=C2\C(=O)NC(=O)N(c3cccc(Cl)c3C)C2=O)cc(I)c1OCc1cccc2ccccc12. The van der Waals surface area contributed by atoms with Crippen LogP contribution in [0.25, 0.3) is 16.8 Å².